The Hall–Kier alpha value is -2.96. The van der Waals surface area contributed by atoms with Crippen LogP contribution in [0.3, 0.4) is 0 Å². The lowest BCUT2D eigenvalue weighted by Gasteiger charge is -2.25. The van der Waals surface area contributed by atoms with Crippen LogP contribution in [0, 0.1) is 12.8 Å². The Morgan fingerprint density at radius 1 is 0.867 bits per heavy atom. The molecule has 0 aliphatic carbocycles. The highest BCUT2D eigenvalue weighted by atomic mass is 32.2. The molecule has 0 aliphatic heterocycles. The summed E-state index contributed by atoms with van der Waals surface area (Å²) in [6.45, 7) is 4.02. The molecule has 2 N–H and O–H groups in total. The number of carbonyl (C=O) groups excluding carboxylic acids is 1. The van der Waals surface area contributed by atoms with Gasteiger partial charge >= 0.3 is 0 Å². The molecule has 2 atom stereocenters. The molecule has 1 amide bonds. The van der Waals surface area contributed by atoms with Crippen LogP contribution in [0.2, 0.25) is 0 Å². The van der Waals surface area contributed by atoms with Gasteiger partial charge in [0.1, 0.15) is 0 Å². The van der Waals surface area contributed by atoms with Crippen LogP contribution in [0.25, 0.3) is 0 Å². The van der Waals surface area contributed by atoms with E-state index in [-0.39, 0.29) is 10.8 Å². The lowest BCUT2D eigenvalue weighted by molar-refractivity contribution is -0.125. The van der Waals surface area contributed by atoms with Crippen molar-refractivity contribution in [2.45, 2.75) is 31.3 Å². The van der Waals surface area contributed by atoms with E-state index in [0.717, 1.165) is 16.7 Å². The van der Waals surface area contributed by atoms with Crippen LogP contribution in [0.5, 0.6) is 0 Å². The van der Waals surface area contributed by atoms with Crippen molar-refractivity contribution in [3.05, 3.63) is 102 Å². The summed E-state index contributed by atoms with van der Waals surface area (Å²) < 4.78 is 28.7. The van der Waals surface area contributed by atoms with Crippen molar-refractivity contribution in [3.63, 3.8) is 0 Å². The molecule has 3 aromatic carbocycles. The quantitative estimate of drug-likeness (QED) is 0.577. The van der Waals surface area contributed by atoms with Gasteiger partial charge in [0.25, 0.3) is 0 Å². The standard InChI is InChI=1S/C24H26N2O3S/c1-18-13-15-22(16-14-18)30(28,29)26-23(21-11-7-4-8-12-21)19(2)24(27)25-17-20-9-5-3-6-10-20/h3-16,19,23,26H,17H2,1-2H3,(H,25,27)/t19-,23+/m1/s1. The predicted octanol–water partition coefficient (Wildman–Crippen LogP) is 3.97. The summed E-state index contributed by atoms with van der Waals surface area (Å²) in [5.41, 5.74) is 2.69. The van der Waals surface area contributed by atoms with Crippen molar-refractivity contribution in [2.24, 2.45) is 5.92 Å². The number of rotatable bonds is 8. The zero-order chi connectivity index (χ0) is 21.6. The third kappa shape index (κ3) is 5.55. The Morgan fingerprint density at radius 3 is 2.03 bits per heavy atom. The van der Waals surface area contributed by atoms with Gasteiger partial charge in [0, 0.05) is 6.54 Å². The van der Waals surface area contributed by atoms with Gasteiger partial charge in [-0.15, -0.1) is 0 Å². The summed E-state index contributed by atoms with van der Waals surface area (Å²) in [6.07, 6.45) is 0. The number of amides is 1. The van der Waals surface area contributed by atoms with Gasteiger partial charge in [0.15, 0.2) is 0 Å². The molecule has 0 aromatic heterocycles. The first-order valence-corrected chi connectivity index (χ1v) is 11.3. The molecule has 0 spiro atoms. The maximum absolute atomic E-state index is 13.0. The summed E-state index contributed by atoms with van der Waals surface area (Å²) in [4.78, 5) is 13.0. The topological polar surface area (TPSA) is 75.3 Å². The van der Waals surface area contributed by atoms with Crippen LogP contribution < -0.4 is 10.0 Å². The predicted molar refractivity (Wildman–Crippen MR) is 118 cm³/mol. The Labute approximate surface area is 178 Å². The maximum atomic E-state index is 13.0. The highest BCUT2D eigenvalue weighted by Crippen LogP contribution is 2.25. The number of sulfonamides is 1. The fourth-order valence-corrected chi connectivity index (χ4v) is 4.47. The van der Waals surface area contributed by atoms with E-state index in [2.05, 4.69) is 10.0 Å². The average molecular weight is 423 g/mol. The molecule has 5 nitrogen and oxygen atoms in total. The van der Waals surface area contributed by atoms with Crippen molar-refractivity contribution < 1.29 is 13.2 Å². The number of hydrogen-bond donors (Lipinski definition) is 2. The second-order valence-electron chi connectivity index (χ2n) is 7.31. The van der Waals surface area contributed by atoms with Crippen LogP contribution in [0.1, 0.15) is 29.7 Å². The van der Waals surface area contributed by atoms with Crippen LogP contribution in [0.15, 0.2) is 89.8 Å². The lowest BCUT2D eigenvalue weighted by atomic mass is 9.94. The molecule has 0 fully saturated rings. The van der Waals surface area contributed by atoms with Crippen molar-refractivity contribution in [3.8, 4) is 0 Å². The van der Waals surface area contributed by atoms with E-state index in [4.69, 9.17) is 0 Å². The molecule has 0 bridgehead atoms. The van der Waals surface area contributed by atoms with E-state index in [9.17, 15) is 13.2 Å². The zero-order valence-electron chi connectivity index (χ0n) is 17.1. The van der Waals surface area contributed by atoms with E-state index in [0.29, 0.717) is 6.54 Å². The molecule has 0 heterocycles. The van der Waals surface area contributed by atoms with E-state index < -0.39 is 22.0 Å². The van der Waals surface area contributed by atoms with Gasteiger partial charge in [-0.3, -0.25) is 4.79 Å². The third-order valence-electron chi connectivity index (χ3n) is 5.00. The Bertz CT molecular complexity index is 1070. The molecule has 0 saturated carbocycles. The number of benzene rings is 3. The summed E-state index contributed by atoms with van der Waals surface area (Å²) in [6, 6.07) is 24.7. The summed E-state index contributed by atoms with van der Waals surface area (Å²) in [7, 11) is -3.80. The minimum Gasteiger partial charge on any atom is -0.352 e. The fraction of sp³-hybridized carbons (Fsp3) is 0.208. The number of nitrogens with one attached hydrogen (secondary N) is 2. The van der Waals surface area contributed by atoms with Crippen molar-refractivity contribution in [2.75, 3.05) is 0 Å². The van der Waals surface area contributed by atoms with E-state index in [1.165, 1.54) is 0 Å². The Morgan fingerprint density at radius 2 is 1.43 bits per heavy atom. The largest absolute Gasteiger partial charge is 0.352 e. The monoisotopic (exact) mass is 422 g/mol. The number of hydrogen-bond acceptors (Lipinski definition) is 3. The average Bonchev–Trinajstić information content (AvgIpc) is 2.77. The van der Waals surface area contributed by atoms with Crippen LogP contribution >= 0.6 is 0 Å². The first-order valence-electron chi connectivity index (χ1n) is 9.82. The van der Waals surface area contributed by atoms with Gasteiger partial charge in [-0.1, -0.05) is 85.3 Å². The van der Waals surface area contributed by atoms with Gasteiger partial charge in [-0.2, -0.15) is 0 Å². The smallest absolute Gasteiger partial charge is 0.241 e. The fourth-order valence-electron chi connectivity index (χ4n) is 3.17. The van der Waals surface area contributed by atoms with Crippen molar-refractivity contribution >= 4 is 15.9 Å². The molecule has 3 rings (SSSR count). The van der Waals surface area contributed by atoms with E-state index in [1.807, 2.05) is 67.6 Å². The van der Waals surface area contributed by atoms with Gasteiger partial charge in [0.2, 0.25) is 15.9 Å². The molecule has 0 unspecified atom stereocenters. The van der Waals surface area contributed by atoms with Gasteiger partial charge in [0.05, 0.1) is 16.9 Å². The Kier molecular flexibility index (Phi) is 7.03. The van der Waals surface area contributed by atoms with E-state index >= 15 is 0 Å². The minimum atomic E-state index is -3.80. The summed E-state index contributed by atoms with van der Waals surface area (Å²) in [5, 5.41) is 2.91. The minimum absolute atomic E-state index is 0.172. The molecule has 30 heavy (non-hydrogen) atoms. The maximum Gasteiger partial charge on any atom is 0.241 e. The van der Waals surface area contributed by atoms with Crippen LogP contribution in [-0.4, -0.2) is 14.3 Å². The normalized spacial score (nSPS) is 13.4. The van der Waals surface area contributed by atoms with Gasteiger partial charge in [-0.25, -0.2) is 13.1 Å². The highest BCUT2D eigenvalue weighted by Gasteiger charge is 2.30. The van der Waals surface area contributed by atoms with Gasteiger partial charge in [-0.05, 0) is 30.2 Å². The van der Waals surface area contributed by atoms with Crippen molar-refractivity contribution in [1.82, 2.24) is 10.0 Å². The van der Waals surface area contributed by atoms with Crippen LogP contribution in [-0.2, 0) is 21.4 Å². The molecular weight excluding hydrogens is 396 g/mol. The van der Waals surface area contributed by atoms with Crippen LogP contribution in [0.4, 0.5) is 0 Å². The van der Waals surface area contributed by atoms with Gasteiger partial charge < -0.3 is 5.32 Å². The van der Waals surface area contributed by atoms with E-state index in [1.54, 1.807) is 31.2 Å². The second kappa shape index (κ2) is 9.69. The Balaban J connectivity index is 1.81. The number of aryl methyl sites for hydroxylation is 1. The first kappa shape index (κ1) is 21.7. The number of carbonyl (C=O) groups is 1. The molecule has 156 valence electrons. The highest BCUT2D eigenvalue weighted by molar-refractivity contribution is 7.89. The zero-order valence-corrected chi connectivity index (χ0v) is 17.9. The molecule has 6 heteroatoms. The molecule has 0 saturated heterocycles. The third-order valence-corrected chi connectivity index (χ3v) is 6.45. The summed E-state index contributed by atoms with van der Waals surface area (Å²) >= 11 is 0. The molecule has 0 radical (unpaired) electrons. The lowest BCUT2D eigenvalue weighted by Crippen LogP contribution is -2.40. The first-order chi connectivity index (χ1) is 14.4. The molecular formula is C24H26N2O3S. The molecule has 0 aliphatic rings. The van der Waals surface area contributed by atoms with Crippen molar-refractivity contribution in [1.29, 1.82) is 0 Å². The SMILES string of the molecule is Cc1ccc(S(=O)(=O)N[C@H](c2ccccc2)[C@@H](C)C(=O)NCc2ccccc2)cc1. The summed E-state index contributed by atoms with van der Waals surface area (Å²) in [5.74, 6) is -0.837. The molecule has 3 aromatic rings. The second-order valence-corrected chi connectivity index (χ2v) is 9.03.